The maximum Gasteiger partial charge on any atom is 0.225 e. The van der Waals surface area contributed by atoms with Crippen molar-refractivity contribution in [3.05, 3.63) is 36.5 Å². The second-order valence-corrected chi connectivity index (χ2v) is 5.03. The molecule has 6 heteroatoms. The number of anilines is 4. The summed E-state index contributed by atoms with van der Waals surface area (Å²) in [5.74, 6) is 1.42. The van der Waals surface area contributed by atoms with Crippen molar-refractivity contribution in [2.24, 2.45) is 0 Å². The third-order valence-electron chi connectivity index (χ3n) is 3.49. The van der Waals surface area contributed by atoms with Gasteiger partial charge in [-0.25, -0.2) is 4.98 Å². The Morgan fingerprint density at radius 3 is 2.81 bits per heavy atom. The van der Waals surface area contributed by atoms with Crippen molar-refractivity contribution >= 4 is 23.1 Å². The third-order valence-corrected chi connectivity index (χ3v) is 3.49. The maximum absolute atomic E-state index is 4.58. The van der Waals surface area contributed by atoms with Gasteiger partial charge in [-0.05, 0) is 25.1 Å². The molecule has 3 rings (SSSR count). The van der Waals surface area contributed by atoms with E-state index in [-0.39, 0.29) is 0 Å². The number of benzene rings is 1. The zero-order valence-electron chi connectivity index (χ0n) is 12.1. The van der Waals surface area contributed by atoms with Crippen LogP contribution in [0.15, 0.2) is 36.5 Å². The van der Waals surface area contributed by atoms with Crippen molar-refractivity contribution in [3.63, 3.8) is 0 Å². The molecule has 0 spiro atoms. The van der Waals surface area contributed by atoms with E-state index in [9.17, 15) is 0 Å². The summed E-state index contributed by atoms with van der Waals surface area (Å²) in [5, 5.41) is 13.1. The largest absolute Gasteiger partial charge is 0.384 e. The highest BCUT2D eigenvalue weighted by Crippen LogP contribution is 2.23. The van der Waals surface area contributed by atoms with Gasteiger partial charge >= 0.3 is 0 Å². The second kappa shape index (κ2) is 6.41. The fraction of sp³-hybridized carbons (Fsp3) is 0.333. The lowest BCUT2D eigenvalue weighted by molar-refractivity contribution is 0.781. The van der Waals surface area contributed by atoms with Crippen molar-refractivity contribution in [2.45, 2.75) is 12.5 Å². The number of para-hydroxylation sites is 1. The highest BCUT2D eigenvalue weighted by atomic mass is 15.2. The molecule has 6 nitrogen and oxygen atoms in total. The Labute approximate surface area is 124 Å². The lowest BCUT2D eigenvalue weighted by Gasteiger charge is -2.15. The Morgan fingerprint density at radius 1 is 1.24 bits per heavy atom. The Morgan fingerprint density at radius 2 is 2.10 bits per heavy atom. The molecule has 21 heavy (non-hydrogen) atoms. The Kier molecular flexibility index (Phi) is 4.16. The monoisotopic (exact) mass is 284 g/mol. The van der Waals surface area contributed by atoms with Crippen LogP contribution >= 0.6 is 0 Å². The molecular formula is C15H20N6. The molecule has 110 valence electrons. The molecule has 1 atom stereocenters. The summed E-state index contributed by atoms with van der Waals surface area (Å²) in [6.45, 7) is 2.00. The van der Waals surface area contributed by atoms with Gasteiger partial charge in [-0.15, -0.1) is 0 Å². The van der Waals surface area contributed by atoms with Crippen LogP contribution in [0.5, 0.6) is 0 Å². The van der Waals surface area contributed by atoms with Crippen LogP contribution in [-0.4, -0.2) is 36.1 Å². The Balaban J connectivity index is 1.79. The summed E-state index contributed by atoms with van der Waals surface area (Å²) in [6, 6.07) is 10.4. The minimum atomic E-state index is 0.398. The van der Waals surface area contributed by atoms with Gasteiger partial charge in [0.05, 0.1) is 11.9 Å². The highest BCUT2D eigenvalue weighted by Gasteiger charge is 2.16. The first kappa shape index (κ1) is 13.6. The molecule has 0 amide bonds. The maximum atomic E-state index is 4.58. The van der Waals surface area contributed by atoms with Crippen LogP contribution in [0, 0.1) is 0 Å². The second-order valence-electron chi connectivity index (χ2n) is 5.03. The molecule has 4 N–H and O–H groups in total. The molecule has 2 heterocycles. The van der Waals surface area contributed by atoms with Crippen molar-refractivity contribution in [1.82, 2.24) is 15.3 Å². The number of nitrogens with zero attached hydrogens (tertiary/aromatic N) is 2. The first-order chi connectivity index (χ1) is 10.3. The van der Waals surface area contributed by atoms with E-state index in [0.29, 0.717) is 12.0 Å². The number of hydrogen-bond donors (Lipinski definition) is 4. The molecule has 0 radical (unpaired) electrons. The third kappa shape index (κ3) is 3.41. The van der Waals surface area contributed by atoms with Crippen LogP contribution in [0.4, 0.5) is 23.1 Å². The molecule has 1 aliphatic heterocycles. The van der Waals surface area contributed by atoms with Gasteiger partial charge in [-0.3, -0.25) is 0 Å². The zero-order valence-corrected chi connectivity index (χ0v) is 12.1. The van der Waals surface area contributed by atoms with E-state index in [1.165, 1.54) is 0 Å². The van der Waals surface area contributed by atoms with E-state index < -0.39 is 0 Å². The standard InChI is InChI=1S/C15H20N6/c1-16-13-10-18-15(20-12-7-8-17-9-12)21-14(13)19-11-5-3-2-4-6-11/h2-6,10,12,16-17H,7-9H2,1H3,(H2,18,19,20,21). The summed E-state index contributed by atoms with van der Waals surface area (Å²) in [7, 11) is 1.86. The zero-order chi connectivity index (χ0) is 14.5. The van der Waals surface area contributed by atoms with Crippen molar-refractivity contribution in [1.29, 1.82) is 0 Å². The SMILES string of the molecule is CNc1cnc(NC2CCNC2)nc1Nc1ccccc1. The van der Waals surface area contributed by atoms with Crippen LogP contribution in [0.3, 0.4) is 0 Å². The smallest absolute Gasteiger partial charge is 0.225 e. The van der Waals surface area contributed by atoms with Crippen LogP contribution in [0.1, 0.15) is 6.42 Å². The lowest BCUT2D eigenvalue weighted by atomic mass is 10.3. The van der Waals surface area contributed by atoms with Crippen molar-refractivity contribution in [3.8, 4) is 0 Å². The van der Waals surface area contributed by atoms with Gasteiger partial charge in [-0.1, -0.05) is 18.2 Å². The van der Waals surface area contributed by atoms with Crippen LogP contribution < -0.4 is 21.3 Å². The average Bonchev–Trinajstić information content (AvgIpc) is 3.02. The quantitative estimate of drug-likeness (QED) is 0.673. The summed E-state index contributed by atoms with van der Waals surface area (Å²) in [6.07, 6.45) is 2.89. The molecule has 1 aromatic heterocycles. The lowest BCUT2D eigenvalue weighted by Crippen LogP contribution is -2.23. The molecule has 1 aromatic carbocycles. The topological polar surface area (TPSA) is 73.9 Å². The van der Waals surface area contributed by atoms with Crippen LogP contribution in [0.25, 0.3) is 0 Å². The summed E-state index contributed by atoms with van der Waals surface area (Å²) < 4.78 is 0. The molecule has 0 saturated carbocycles. The van der Waals surface area contributed by atoms with Crippen LogP contribution in [-0.2, 0) is 0 Å². The van der Waals surface area contributed by atoms with E-state index in [2.05, 4.69) is 31.2 Å². The molecule has 1 saturated heterocycles. The fourth-order valence-corrected chi connectivity index (χ4v) is 2.35. The van der Waals surface area contributed by atoms with E-state index in [1.807, 2.05) is 37.4 Å². The molecule has 0 bridgehead atoms. The van der Waals surface area contributed by atoms with Crippen LogP contribution in [0.2, 0.25) is 0 Å². The first-order valence-corrected chi connectivity index (χ1v) is 7.19. The molecule has 1 aliphatic rings. The average molecular weight is 284 g/mol. The number of hydrogen-bond acceptors (Lipinski definition) is 6. The normalized spacial score (nSPS) is 17.5. The van der Waals surface area contributed by atoms with Gasteiger partial charge in [0.25, 0.3) is 0 Å². The molecule has 1 unspecified atom stereocenters. The number of nitrogens with one attached hydrogen (secondary N) is 4. The summed E-state index contributed by atoms with van der Waals surface area (Å²) in [5.41, 5.74) is 1.87. The predicted molar refractivity (Wildman–Crippen MR) is 86.2 cm³/mol. The number of aromatic nitrogens is 2. The van der Waals surface area contributed by atoms with Gasteiger partial charge in [0.1, 0.15) is 0 Å². The van der Waals surface area contributed by atoms with Gasteiger partial charge in [0.15, 0.2) is 5.82 Å². The Hall–Kier alpha value is -2.34. The summed E-state index contributed by atoms with van der Waals surface area (Å²) in [4.78, 5) is 8.94. The van der Waals surface area contributed by atoms with E-state index in [4.69, 9.17) is 0 Å². The molecule has 0 aliphatic carbocycles. The first-order valence-electron chi connectivity index (χ1n) is 7.19. The molecular weight excluding hydrogens is 264 g/mol. The molecule has 2 aromatic rings. The van der Waals surface area contributed by atoms with E-state index in [0.717, 1.165) is 36.7 Å². The molecule has 1 fully saturated rings. The van der Waals surface area contributed by atoms with Gasteiger partial charge in [-0.2, -0.15) is 4.98 Å². The van der Waals surface area contributed by atoms with Crippen molar-refractivity contribution in [2.75, 3.05) is 36.1 Å². The van der Waals surface area contributed by atoms with E-state index >= 15 is 0 Å². The van der Waals surface area contributed by atoms with Gasteiger partial charge in [0.2, 0.25) is 5.95 Å². The van der Waals surface area contributed by atoms with Gasteiger partial charge in [0, 0.05) is 25.3 Å². The minimum Gasteiger partial charge on any atom is -0.384 e. The number of rotatable bonds is 5. The Bertz CT molecular complexity index is 580. The van der Waals surface area contributed by atoms with Crippen molar-refractivity contribution < 1.29 is 0 Å². The predicted octanol–water partition coefficient (Wildman–Crippen LogP) is 2.04. The summed E-state index contributed by atoms with van der Waals surface area (Å²) >= 11 is 0. The highest BCUT2D eigenvalue weighted by molar-refractivity contribution is 5.70. The van der Waals surface area contributed by atoms with E-state index in [1.54, 1.807) is 6.20 Å². The minimum absolute atomic E-state index is 0.398. The van der Waals surface area contributed by atoms with Gasteiger partial charge < -0.3 is 21.3 Å². The fourth-order valence-electron chi connectivity index (χ4n) is 2.35.